The van der Waals surface area contributed by atoms with Gasteiger partial charge in [0, 0.05) is 37.8 Å². The van der Waals surface area contributed by atoms with Crippen LogP contribution in [0.25, 0.3) is 0 Å². The fraction of sp³-hybridized carbons (Fsp3) is 0.600. The van der Waals surface area contributed by atoms with Gasteiger partial charge in [0.05, 0.1) is 7.11 Å². The standard InChI is InChI=1S/C15H23N5O3/c1-15(2,3)12(21)19-7-9-20(10-8-19)14(22)18-11-5-6-16-13(17-11)23-4/h5-6H,7-10H2,1-4H3,(H,16,17,18,22). The Balaban J connectivity index is 1.89. The highest BCUT2D eigenvalue weighted by Crippen LogP contribution is 2.19. The number of hydrogen-bond donors (Lipinski definition) is 1. The van der Waals surface area contributed by atoms with Crippen LogP contribution >= 0.6 is 0 Å². The number of carbonyl (C=O) groups is 2. The molecule has 0 spiro atoms. The minimum Gasteiger partial charge on any atom is -0.467 e. The van der Waals surface area contributed by atoms with Crippen LogP contribution in [-0.2, 0) is 4.79 Å². The van der Waals surface area contributed by atoms with Gasteiger partial charge < -0.3 is 14.5 Å². The molecule has 1 aromatic heterocycles. The zero-order valence-electron chi connectivity index (χ0n) is 14.0. The molecule has 2 rings (SSSR count). The third-order valence-electron chi connectivity index (χ3n) is 3.55. The Hall–Kier alpha value is -2.38. The van der Waals surface area contributed by atoms with Crippen molar-refractivity contribution in [3.05, 3.63) is 12.3 Å². The molecule has 3 amide bonds. The number of nitrogens with zero attached hydrogens (tertiary/aromatic N) is 4. The second-order valence-electron chi connectivity index (χ2n) is 6.39. The van der Waals surface area contributed by atoms with Crippen molar-refractivity contribution in [2.75, 3.05) is 38.6 Å². The molecule has 0 atom stereocenters. The Morgan fingerprint density at radius 2 is 1.78 bits per heavy atom. The van der Waals surface area contributed by atoms with E-state index in [-0.39, 0.29) is 17.9 Å². The number of piperazine rings is 1. The summed E-state index contributed by atoms with van der Waals surface area (Å²) in [5.74, 6) is 0.494. The molecule has 0 bridgehead atoms. The molecule has 0 unspecified atom stereocenters. The van der Waals surface area contributed by atoms with Gasteiger partial charge in [-0.2, -0.15) is 4.98 Å². The number of urea groups is 1. The van der Waals surface area contributed by atoms with Crippen molar-refractivity contribution in [1.82, 2.24) is 19.8 Å². The van der Waals surface area contributed by atoms with Crippen LogP contribution in [0.1, 0.15) is 20.8 Å². The van der Waals surface area contributed by atoms with Crippen LogP contribution in [0, 0.1) is 5.41 Å². The van der Waals surface area contributed by atoms with Crippen molar-refractivity contribution in [2.24, 2.45) is 5.41 Å². The largest absolute Gasteiger partial charge is 0.467 e. The summed E-state index contributed by atoms with van der Waals surface area (Å²) < 4.78 is 4.92. The third-order valence-corrected chi connectivity index (χ3v) is 3.55. The summed E-state index contributed by atoms with van der Waals surface area (Å²) in [5, 5.41) is 2.71. The first kappa shape index (κ1) is 17.0. The molecule has 0 radical (unpaired) electrons. The van der Waals surface area contributed by atoms with E-state index in [0.717, 1.165) is 0 Å². The average Bonchev–Trinajstić information content (AvgIpc) is 2.53. The third kappa shape index (κ3) is 4.30. The lowest BCUT2D eigenvalue weighted by Gasteiger charge is -2.37. The van der Waals surface area contributed by atoms with E-state index in [1.165, 1.54) is 13.3 Å². The number of rotatable bonds is 2. The van der Waals surface area contributed by atoms with Gasteiger partial charge in [0.1, 0.15) is 5.82 Å². The normalized spacial score (nSPS) is 15.3. The Labute approximate surface area is 135 Å². The Morgan fingerprint density at radius 3 is 2.35 bits per heavy atom. The highest BCUT2D eigenvalue weighted by atomic mass is 16.5. The van der Waals surface area contributed by atoms with E-state index >= 15 is 0 Å². The number of hydrogen-bond acceptors (Lipinski definition) is 5. The van der Waals surface area contributed by atoms with Crippen molar-refractivity contribution >= 4 is 17.8 Å². The molecule has 1 aliphatic heterocycles. The molecular weight excluding hydrogens is 298 g/mol. The van der Waals surface area contributed by atoms with E-state index < -0.39 is 5.41 Å². The number of aromatic nitrogens is 2. The van der Waals surface area contributed by atoms with Gasteiger partial charge in [0.25, 0.3) is 0 Å². The highest BCUT2D eigenvalue weighted by molar-refractivity contribution is 5.88. The van der Waals surface area contributed by atoms with Gasteiger partial charge in [-0.3, -0.25) is 10.1 Å². The number of methoxy groups -OCH3 is 1. The molecule has 126 valence electrons. The van der Waals surface area contributed by atoms with Crippen LogP contribution in [0.3, 0.4) is 0 Å². The second kappa shape index (κ2) is 6.80. The molecule has 1 aromatic rings. The van der Waals surface area contributed by atoms with Crippen molar-refractivity contribution in [3.8, 4) is 6.01 Å². The lowest BCUT2D eigenvalue weighted by molar-refractivity contribution is -0.140. The minimum absolute atomic E-state index is 0.109. The maximum absolute atomic E-state index is 12.3. The highest BCUT2D eigenvalue weighted by Gasteiger charge is 2.30. The summed E-state index contributed by atoms with van der Waals surface area (Å²) in [6, 6.07) is 1.55. The van der Waals surface area contributed by atoms with Crippen molar-refractivity contribution < 1.29 is 14.3 Å². The van der Waals surface area contributed by atoms with E-state index in [9.17, 15) is 9.59 Å². The van der Waals surface area contributed by atoms with Gasteiger partial charge in [0.15, 0.2) is 0 Å². The maximum Gasteiger partial charge on any atom is 0.323 e. The minimum atomic E-state index is -0.401. The van der Waals surface area contributed by atoms with Crippen LogP contribution < -0.4 is 10.1 Å². The number of ether oxygens (including phenoxy) is 1. The van der Waals surface area contributed by atoms with Crippen molar-refractivity contribution in [1.29, 1.82) is 0 Å². The van der Waals surface area contributed by atoms with Crippen molar-refractivity contribution in [2.45, 2.75) is 20.8 Å². The first-order valence-corrected chi connectivity index (χ1v) is 7.53. The lowest BCUT2D eigenvalue weighted by atomic mass is 9.94. The first-order valence-electron chi connectivity index (χ1n) is 7.53. The Kier molecular flexibility index (Phi) is 5.02. The van der Waals surface area contributed by atoms with E-state index in [1.807, 2.05) is 20.8 Å². The number of carbonyl (C=O) groups excluding carboxylic acids is 2. The average molecular weight is 321 g/mol. The lowest BCUT2D eigenvalue weighted by Crippen LogP contribution is -2.53. The van der Waals surface area contributed by atoms with Crippen LogP contribution in [0.15, 0.2) is 12.3 Å². The molecule has 1 fully saturated rings. The van der Waals surface area contributed by atoms with Gasteiger partial charge in [-0.1, -0.05) is 20.8 Å². The van der Waals surface area contributed by atoms with E-state index in [4.69, 9.17) is 4.74 Å². The van der Waals surface area contributed by atoms with Crippen LogP contribution in [0.2, 0.25) is 0 Å². The molecular formula is C15H23N5O3. The summed E-state index contributed by atoms with van der Waals surface area (Å²) in [5.41, 5.74) is -0.401. The van der Waals surface area contributed by atoms with Crippen molar-refractivity contribution in [3.63, 3.8) is 0 Å². The molecule has 1 saturated heterocycles. The number of nitrogens with one attached hydrogen (secondary N) is 1. The van der Waals surface area contributed by atoms with E-state index in [1.54, 1.807) is 15.9 Å². The molecule has 1 N–H and O–H groups in total. The molecule has 8 nitrogen and oxygen atoms in total. The maximum atomic E-state index is 12.3. The molecule has 2 heterocycles. The molecule has 23 heavy (non-hydrogen) atoms. The summed E-state index contributed by atoms with van der Waals surface area (Å²) in [7, 11) is 1.46. The number of amides is 3. The Morgan fingerprint density at radius 1 is 1.17 bits per heavy atom. The van der Waals surface area contributed by atoms with Gasteiger partial charge in [0.2, 0.25) is 5.91 Å². The van der Waals surface area contributed by atoms with E-state index in [2.05, 4.69) is 15.3 Å². The zero-order valence-corrected chi connectivity index (χ0v) is 14.0. The van der Waals surface area contributed by atoms with Crippen LogP contribution in [0.5, 0.6) is 6.01 Å². The molecule has 0 saturated carbocycles. The summed E-state index contributed by atoms with van der Waals surface area (Å²) in [6.07, 6.45) is 1.52. The summed E-state index contributed by atoms with van der Waals surface area (Å²) in [4.78, 5) is 35.9. The van der Waals surface area contributed by atoms with Gasteiger partial charge in [-0.15, -0.1) is 0 Å². The first-order chi connectivity index (χ1) is 10.8. The van der Waals surface area contributed by atoms with Gasteiger partial charge >= 0.3 is 12.0 Å². The Bertz CT molecular complexity index is 577. The fourth-order valence-electron chi connectivity index (χ4n) is 2.28. The zero-order chi connectivity index (χ0) is 17.0. The van der Waals surface area contributed by atoms with Crippen LogP contribution in [0.4, 0.5) is 10.6 Å². The summed E-state index contributed by atoms with van der Waals surface area (Å²) in [6.45, 7) is 7.77. The smallest absolute Gasteiger partial charge is 0.323 e. The molecule has 8 heteroatoms. The second-order valence-corrected chi connectivity index (χ2v) is 6.39. The van der Waals surface area contributed by atoms with Gasteiger partial charge in [-0.25, -0.2) is 9.78 Å². The quantitative estimate of drug-likeness (QED) is 0.884. The molecule has 1 aliphatic rings. The van der Waals surface area contributed by atoms with Gasteiger partial charge in [-0.05, 0) is 6.07 Å². The fourth-order valence-corrected chi connectivity index (χ4v) is 2.28. The topological polar surface area (TPSA) is 87.7 Å². The van der Waals surface area contributed by atoms with E-state index in [0.29, 0.717) is 32.0 Å². The predicted molar refractivity (Wildman–Crippen MR) is 85.2 cm³/mol. The predicted octanol–water partition coefficient (Wildman–Crippen LogP) is 1.21. The summed E-state index contributed by atoms with van der Waals surface area (Å²) >= 11 is 0. The molecule has 0 aliphatic carbocycles. The monoisotopic (exact) mass is 321 g/mol. The molecule has 0 aromatic carbocycles. The SMILES string of the molecule is COc1nccc(NC(=O)N2CCN(C(=O)C(C)(C)C)CC2)n1. The number of anilines is 1. The van der Waals surface area contributed by atoms with Crippen LogP contribution in [-0.4, -0.2) is 65.0 Å².